The maximum Gasteiger partial charge on any atom is 0.137 e. The summed E-state index contributed by atoms with van der Waals surface area (Å²) in [4.78, 5) is 0. The van der Waals surface area contributed by atoms with E-state index in [4.69, 9.17) is 5.73 Å². The molecule has 14 heavy (non-hydrogen) atoms. The van der Waals surface area contributed by atoms with Gasteiger partial charge >= 0.3 is 0 Å². The highest BCUT2D eigenvalue weighted by Crippen LogP contribution is 2.30. The van der Waals surface area contributed by atoms with E-state index in [1.54, 1.807) is 6.07 Å². The quantitative estimate of drug-likeness (QED) is 0.820. The van der Waals surface area contributed by atoms with Crippen LogP contribution in [0.25, 0.3) is 6.08 Å². The van der Waals surface area contributed by atoms with Crippen molar-refractivity contribution in [3.8, 4) is 0 Å². The van der Waals surface area contributed by atoms with Gasteiger partial charge in [0.15, 0.2) is 0 Å². The van der Waals surface area contributed by atoms with Crippen molar-refractivity contribution in [1.82, 2.24) is 0 Å². The van der Waals surface area contributed by atoms with Crippen LogP contribution in [-0.2, 0) is 0 Å². The van der Waals surface area contributed by atoms with Gasteiger partial charge in [0, 0.05) is 6.04 Å². The Bertz CT molecular complexity index is 379. The van der Waals surface area contributed by atoms with E-state index in [0.29, 0.717) is 10.5 Å². The van der Waals surface area contributed by atoms with Gasteiger partial charge in [-0.25, -0.2) is 4.39 Å². The van der Waals surface area contributed by atoms with E-state index >= 15 is 0 Å². The first-order valence-corrected chi connectivity index (χ1v) is 5.35. The lowest BCUT2D eigenvalue weighted by atomic mass is 9.86. The Morgan fingerprint density at radius 2 is 2.14 bits per heavy atom. The molecule has 0 amide bonds. The summed E-state index contributed by atoms with van der Waals surface area (Å²) in [6, 6.07) is 5.35. The highest BCUT2D eigenvalue weighted by molar-refractivity contribution is 9.10. The summed E-state index contributed by atoms with van der Waals surface area (Å²) >= 11 is 3.23. The second-order valence-electron chi connectivity index (χ2n) is 3.61. The molecular formula is C11H11BrFN. The molecule has 2 rings (SSSR count). The molecule has 74 valence electrons. The van der Waals surface area contributed by atoms with E-state index in [1.807, 2.05) is 12.1 Å². The normalized spacial score (nSPS) is 20.5. The fourth-order valence-corrected chi connectivity index (χ4v) is 1.96. The van der Waals surface area contributed by atoms with Gasteiger partial charge in [0.1, 0.15) is 5.82 Å². The van der Waals surface area contributed by atoms with Crippen molar-refractivity contribution in [3.63, 3.8) is 0 Å². The maximum atomic E-state index is 13.1. The predicted molar refractivity (Wildman–Crippen MR) is 59.3 cm³/mol. The van der Waals surface area contributed by atoms with Crippen LogP contribution in [-0.4, -0.2) is 6.04 Å². The summed E-state index contributed by atoms with van der Waals surface area (Å²) in [6.45, 7) is 0. The van der Waals surface area contributed by atoms with Gasteiger partial charge in [-0.3, -0.25) is 0 Å². The van der Waals surface area contributed by atoms with Gasteiger partial charge in [0.2, 0.25) is 0 Å². The molecule has 0 bridgehead atoms. The van der Waals surface area contributed by atoms with Crippen molar-refractivity contribution in [3.05, 3.63) is 39.6 Å². The molecule has 0 atom stereocenters. The molecule has 1 aromatic rings. The monoisotopic (exact) mass is 255 g/mol. The summed E-state index contributed by atoms with van der Waals surface area (Å²) in [6.07, 6.45) is 3.88. The number of benzene rings is 1. The largest absolute Gasteiger partial charge is 0.327 e. The van der Waals surface area contributed by atoms with E-state index < -0.39 is 0 Å². The predicted octanol–water partition coefficient (Wildman–Crippen LogP) is 3.09. The van der Waals surface area contributed by atoms with E-state index in [2.05, 4.69) is 15.9 Å². The number of hydrogen-bond donors (Lipinski definition) is 1. The Hall–Kier alpha value is -0.670. The van der Waals surface area contributed by atoms with Gasteiger partial charge in [-0.2, -0.15) is 0 Å². The highest BCUT2D eigenvalue weighted by Gasteiger charge is 2.18. The lowest BCUT2D eigenvalue weighted by molar-refractivity contribution is 0.547. The lowest BCUT2D eigenvalue weighted by Gasteiger charge is -2.25. The minimum absolute atomic E-state index is 0.219. The van der Waals surface area contributed by atoms with Crippen molar-refractivity contribution >= 4 is 22.0 Å². The third kappa shape index (κ3) is 1.88. The molecule has 1 aliphatic carbocycles. The molecule has 0 spiro atoms. The highest BCUT2D eigenvalue weighted by atomic mass is 79.9. The molecule has 0 saturated heterocycles. The molecule has 1 nitrogen and oxygen atoms in total. The Labute approximate surface area is 90.9 Å². The Kier molecular flexibility index (Phi) is 2.70. The number of rotatable bonds is 1. The first-order valence-electron chi connectivity index (χ1n) is 4.56. The first kappa shape index (κ1) is 9.87. The average Bonchev–Trinajstić information content (AvgIpc) is 2.10. The molecule has 0 aliphatic heterocycles. The van der Waals surface area contributed by atoms with Crippen LogP contribution in [0.15, 0.2) is 28.2 Å². The molecule has 1 aliphatic rings. The van der Waals surface area contributed by atoms with Gasteiger partial charge in [0.25, 0.3) is 0 Å². The van der Waals surface area contributed by atoms with Gasteiger partial charge in [0.05, 0.1) is 4.47 Å². The standard InChI is InChI=1S/C11H11BrFN/c12-11-8(2-1-3-10(11)13)4-7-5-9(14)6-7/h1-4,9H,5-6,14H2. The van der Waals surface area contributed by atoms with Crippen LogP contribution in [0.5, 0.6) is 0 Å². The number of hydrogen-bond acceptors (Lipinski definition) is 1. The van der Waals surface area contributed by atoms with Crippen LogP contribution in [0.1, 0.15) is 18.4 Å². The first-order chi connectivity index (χ1) is 6.66. The summed E-state index contributed by atoms with van der Waals surface area (Å²) in [5, 5.41) is 0. The van der Waals surface area contributed by atoms with Crippen LogP contribution >= 0.6 is 15.9 Å². The van der Waals surface area contributed by atoms with Gasteiger partial charge < -0.3 is 5.73 Å². The minimum Gasteiger partial charge on any atom is -0.327 e. The zero-order valence-corrected chi connectivity index (χ0v) is 9.22. The lowest BCUT2D eigenvalue weighted by Crippen LogP contribution is -2.29. The van der Waals surface area contributed by atoms with Crippen molar-refractivity contribution in [1.29, 1.82) is 0 Å². The smallest absolute Gasteiger partial charge is 0.137 e. The van der Waals surface area contributed by atoms with Gasteiger partial charge in [-0.1, -0.05) is 23.8 Å². The molecule has 0 radical (unpaired) electrons. The van der Waals surface area contributed by atoms with Gasteiger partial charge in [-0.15, -0.1) is 0 Å². The summed E-state index contributed by atoms with van der Waals surface area (Å²) < 4.78 is 13.7. The third-order valence-electron chi connectivity index (χ3n) is 2.39. The molecule has 2 N–H and O–H groups in total. The molecule has 1 saturated carbocycles. The maximum absolute atomic E-state index is 13.1. The topological polar surface area (TPSA) is 26.0 Å². The third-order valence-corrected chi connectivity index (χ3v) is 3.23. The fraction of sp³-hybridized carbons (Fsp3) is 0.273. The number of halogens is 2. The van der Waals surface area contributed by atoms with E-state index in [-0.39, 0.29) is 5.82 Å². The molecule has 3 heteroatoms. The van der Waals surface area contributed by atoms with Crippen LogP contribution in [0.4, 0.5) is 4.39 Å². The second kappa shape index (κ2) is 3.83. The Balaban J connectivity index is 2.25. The van der Waals surface area contributed by atoms with E-state index in [9.17, 15) is 4.39 Å². The fourth-order valence-electron chi connectivity index (χ4n) is 1.58. The summed E-state index contributed by atoms with van der Waals surface area (Å²) in [5.74, 6) is -0.219. The summed E-state index contributed by atoms with van der Waals surface area (Å²) in [7, 11) is 0. The molecule has 1 aromatic carbocycles. The van der Waals surface area contributed by atoms with Crippen LogP contribution in [0.3, 0.4) is 0 Å². The van der Waals surface area contributed by atoms with Crippen molar-refractivity contribution in [2.45, 2.75) is 18.9 Å². The van der Waals surface area contributed by atoms with Crippen molar-refractivity contribution < 1.29 is 4.39 Å². The average molecular weight is 256 g/mol. The van der Waals surface area contributed by atoms with Crippen molar-refractivity contribution in [2.75, 3.05) is 0 Å². The molecule has 0 unspecified atom stereocenters. The minimum atomic E-state index is -0.219. The second-order valence-corrected chi connectivity index (χ2v) is 4.41. The zero-order chi connectivity index (χ0) is 10.1. The Morgan fingerprint density at radius 1 is 1.43 bits per heavy atom. The van der Waals surface area contributed by atoms with Crippen LogP contribution in [0.2, 0.25) is 0 Å². The molecule has 0 heterocycles. The number of nitrogens with two attached hydrogens (primary N) is 1. The molecular weight excluding hydrogens is 245 g/mol. The van der Waals surface area contributed by atoms with E-state index in [1.165, 1.54) is 11.6 Å². The van der Waals surface area contributed by atoms with Crippen LogP contribution < -0.4 is 5.73 Å². The van der Waals surface area contributed by atoms with E-state index in [0.717, 1.165) is 18.4 Å². The SMILES string of the molecule is NC1CC(=Cc2cccc(F)c2Br)C1. The molecule has 0 aromatic heterocycles. The van der Waals surface area contributed by atoms with Crippen molar-refractivity contribution in [2.24, 2.45) is 5.73 Å². The van der Waals surface area contributed by atoms with Crippen LogP contribution in [0, 0.1) is 5.82 Å². The Morgan fingerprint density at radius 3 is 2.79 bits per heavy atom. The zero-order valence-electron chi connectivity index (χ0n) is 7.63. The summed E-state index contributed by atoms with van der Waals surface area (Å²) in [5.41, 5.74) is 7.85. The van der Waals surface area contributed by atoms with Gasteiger partial charge in [-0.05, 0) is 40.4 Å². The molecule has 1 fully saturated rings.